The standard InChI is InChI=1S/C18H18ClN5OS/c1-11-8-9-14(10-15(11)19)21-17(25)16(13-6-4-3-5-7-13)26-18-23-22-12(2)24(18)20/h3-10,16H,20H2,1-2H3,(H,21,25)/t16-/m1/s1. The van der Waals surface area contributed by atoms with Gasteiger partial charge in [-0.15, -0.1) is 10.2 Å². The summed E-state index contributed by atoms with van der Waals surface area (Å²) in [6, 6.07) is 14.9. The van der Waals surface area contributed by atoms with Crippen LogP contribution in [-0.2, 0) is 4.79 Å². The molecule has 0 aliphatic carbocycles. The van der Waals surface area contributed by atoms with Gasteiger partial charge in [-0.3, -0.25) is 4.79 Å². The number of halogens is 1. The van der Waals surface area contributed by atoms with Crippen LogP contribution in [0, 0.1) is 13.8 Å². The Morgan fingerprint density at radius 2 is 1.92 bits per heavy atom. The zero-order valence-electron chi connectivity index (χ0n) is 14.3. The Bertz CT molecular complexity index is 929. The summed E-state index contributed by atoms with van der Waals surface area (Å²) in [5.41, 5.74) is 2.43. The number of nitrogens with one attached hydrogen (secondary N) is 1. The van der Waals surface area contributed by atoms with Crippen LogP contribution in [0.5, 0.6) is 0 Å². The van der Waals surface area contributed by atoms with E-state index >= 15 is 0 Å². The molecule has 0 saturated heterocycles. The van der Waals surface area contributed by atoms with Crippen LogP contribution in [0.4, 0.5) is 5.69 Å². The lowest BCUT2D eigenvalue weighted by Gasteiger charge is -2.16. The normalized spacial score (nSPS) is 12.0. The van der Waals surface area contributed by atoms with Crippen LogP contribution in [0.2, 0.25) is 5.02 Å². The Morgan fingerprint density at radius 3 is 2.54 bits per heavy atom. The number of aromatic nitrogens is 3. The topological polar surface area (TPSA) is 85.8 Å². The molecule has 1 atom stereocenters. The second-order valence-corrected chi connectivity index (χ2v) is 7.24. The van der Waals surface area contributed by atoms with Crippen molar-refractivity contribution in [2.45, 2.75) is 24.3 Å². The number of hydrogen-bond acceptors (Lipinski definition) is 5. The van der Waals surface area contributed by atoms with E-state index in [1.165, 1.54) is 16.4 Å². The van der Waals surface area contributed by atoms with Crippen LogP contribution in [0.1, 0.15) is 22.2 Å². The predicted molar refractivity (Wildman–Crippen MR) is 105 cm³/mol. The first-order valence-corrected chi connectivity index (χ1v) is 9.17. The monoisotopic (exact) mass is 387 g/mol. The Balaban J connectivity index is 1.88. The van der Waals surface area contributed by atoms with Crippen LogP contribution in [0.25, 0.3) is 0 Å². The predicted octanol–water partition coefficient (Wildman–Crippen LogP) is 3.73. The van der Waals surface area contributed by atoms with Gasteiger partial charge in [0.25, 0.3) is 0 Å². The Hall–Kier alpha value is -2.51. The summed E-state index contributed by atoms with van der Waals surface area (Å²) < 4.78 is 1.37. The van der Waals surface area contributed by atoms with Crippen molar-refractivity contribution in [3.05, 3.63) is 70.5 Å². The van der Waals surface area contributed by atoms with E-state index in [9.17, 15) is 4.79 Å². The average molecular weight is 388 g/mol. The lowest BCUT2D eigenvalue weighted by molar-refractivity contribution is -0.115. The van der Waals surface area contributed by atoms with Gasteiger partial charge >= 0.3 is 0 Å². The summed E-state index contributed by atoms with van der Waals surface area (Å²) in [5, 5.41) is 11.4. The summed E-state index contributed by atoms with van der Waals surface area (Å²) in [6.07, 6.45) is 0. The Labute approximate surface area is 160 Å². The maximum Gasteiger partial charge on any atom is 0.242 e. The molecule has 0 bridgehead atoms. The summed E-state index contributed by atoms with van der Waals surface area (Å²) >= 11 is 7.40. The molecular formula is C18H18ClN5OS. The van der Waals surface area contributed by atoms with E-state index in [1.807, 2.05) is 49.4 Å². The highest BCUT2D eigenvalue weighted by molar-refractivity contribution is 8.00. The molecule has 0 radical (unpaired) electrons. The quantitative estimate of drug-likeness (QED) is 0.514. The minimum atomic E-state index is -0.540. The summed E-state index contributed by atoms with van der Waals surface area (Å²) in [6.45, 7) is 3.66. The number of hydrogen-bond donors (Lipinski definition) is 2. The molecule has 1 amide bonds. The van der Waals surface area contributed by atoms with Crippen molar-refractivity contribution < 1.29 is 4.79 Å². The zero-order valence-corrected chi connectivity index (χ0v) is 15.9. The van der Waals surface area contributed by atoms with E-state index in [2.05, 4.69) is 15.5 Å². The highest BCUT2D eigenvalue weighted by atomic mass is 35.5. The number of anilines is 1. The molecule has 0 spiro atoms. The number of nitrogens with two attached hydrogens (primary N) is 1. The third kappa shape index (κ3) is 4.00. The van der Waals surface area contributed by atoms with Crippen molar-refractivity contribution >= 4 is 35.0 Å². The van der Waals surface area contributed by atoms with E-state index in [1.54, 1.807) is 13.0 Å². The summed E-state index contributed by atoms with van der Waals surface area (Å²) in [5.74, 6) is 6.32. The number of carbonyl (C=O) groups is 1. The van der Waals surface area contributed by atoms with Gasteiger partial charge < -0.3 is 11.2 Å². The van der Waals surface area contributed by atoms with Gasteiger partial charge in [-0.05, 0) is 37.1 Å². The van der Waals surface area contributed by atoms with E-state index in [0.29, 0.717) is 21.7 Å². The number of carbonyl (C=O) groups excluding carboxylic acids is 1. The van der Waals surface area contributed by atoms with E-state index in [0.717, 1.165) is 11.1 Å². The maximum atomic E-state index is 13.0. The summed E-state index contributed by atoms with van der Waals surface area (Å²) in [7, 11) is 0. The molecule has 3 aromatic rings. The van der Waals surface area contributed by atoms with Gasteiger partial charge in [0.05, 0.1) is 0 Å². The number of thioether (sulfide) groups is 1. The number of amides is 1. The maximum absolute atomic E-state index is 13.0. The third-order valence-corrected chi connectivity index (χ3v) is 5.46. The summed E-state index contributed by atoms with van der Waals surface area (Å²) in [4.78, 5) is 13.0. The highest BCUT2D eigenvalue weighted by Crippen LogP contribution is 2.35. The molecule has 1 aromatic heterocycles. The minimum Gasteiger partial charge on any atom is -0.336 e. The number of nitrogen functional groups attached to an aromatic ring is 1. The molecule has 2 aromatic carbocycles. The van der Waals surface area contributed by atoms with Crippen molar-refractivity contribution in [1.29, 1.82) is 0 Å². The highest BCUT2D eigenvalue weighted by Gasteiger charge is 2.25. The van der Waals surface area contributed by atoms with E-state index < -0.39 is 5.25 Å². The molecule has 3 rings (SSSR count). The second kappa shape index (κ2) is 7.80. The first-order valence-electron chi connectivity index (χ1n) is 7.91. The van der Waals surface area contributed by atoms with Crippen molar-refractivity contribution in [1.82, 2.24) is 14.9 Å². The molecule has 1 heterocycles. The SMILES string of the molecule is Cc1ccc(NC(=O)[C@H](Sc2nnc(C)n2N)c2ccccc2)cc1Cl. The number of benzene rings is 2. The second-order valence-electron chi connectivity index (χ2n) is 5.76. The van der Waals surface area contributed by atoms with Gasteiger partial charge in [-0.25, -0.2) is 4.68 Å². The number of aryl methyl sites for hydroxylation is 2. The van der Waals surface area contributed by atoms with Crippen LogP contribution in [0.3, 0.4) is 0 Å². The van der Waals surface area contributed by atoms with Gasteiger partial charge in [0, 0.05) is 10.7 Å². The third-order valence-electron chi connectivity index (χ3n) is 3.84. The van der Waals surface area contributed by atoms with Crippen molar-refractivity contribution in [3.63, 3.8) is 0 Å². The van der Waals surface area contributed by atoms with Gasteiger partial charge in [-0.2, -0.15) is 0 Å². The van der Waals surface area contributed by atoms with Crippen LogP contribution in [0.15, 0.2) is 53.7 Å². The van der Waals surface area contributed by atoms with Gasteiger partial charge in [0.1, 0.15) is 11.1 Å². The Morgan fingerprint density at radius 1 is 1.19 bits per heavy atom. The molecule has 26 heavy (non-hydrogen) atoms. The lowest BCUT2D eigenvalue weighted by atomic mass is 10.1. The minimum absolute atomic E-state index is 0.193. The lowest BCUT2D eigenvalue weighted by Crippen LogP contribution is -2.20. The Kier molecular flexibility index (Phi) is 5.49. The van der Waals surface area contributed by atoms with Crippen molar-refractivity contribution in [2.24, 2.45) is 0 Å². The molecule has 3 N–H and O–H groups in total. The molecule has 0 saturated carbocycles. The largest absolute Gasteiger partial charge is 0.336 e. The molecule has 134 valence electrons. The number of nitrogens with zero attached hydrogens (tertiary/aromatic N) is 3. The molecule has 0 unspecified atom stereocenters. The first-order chi connectivity index (χ1) is 12.5. The van der Waals surface area contributed by atoms with Gasteiger partial charge in [-0.1, -0.05) is 59.8 Å². The van der Waals surface area contributed by atoms with Gasteiger partial charge in [0.2, 0.25) is 11.1 Å². The smallest absolute Gasteiger partial charge is 0.242 e. The fourth-order valence-corrected chi connectivity index (χ4v) is 3.50. The van der Waals surface area contributed by atoms with E-state index in [-0.39, 0.29) is 5.91 Å². The van der Waals surface area contributed by atoms with Crippen molar-refractivity contribution in [3.8, 4) is 0 Å². The average Bonchev–Trinajstić information content (AvgIpc) is 2.95. The molecular weight excluding hydrogens is 370 g/mol. The molecule has 0 aliphatic rings. The fraction of sp³-hybridized carbons (Fsp3) is 0.167. The van der Waals surface area contributed by atoms with E-state index in [4.69, 9.17) is 17.4 Å². The first kappa shape index (κ1) is 18.3. The molecule has 0 fully saturated rings. The zero-order chi connectivity index (χ0) is 18.7. The molecule has 0 aliphatic heterocycles. The molecule has 6 nitrogen and oxygen atoms in total. The fourth-order valence-electron chi connectivity index (χ4n) is 2.31. The number of rotatable bonds is 5. The van der Waals surface area contributed by atoms with Gasteiger partial charge in [0.15, 0.2) is 0 Å². The van der Waals surface area contributed by atoms with Crippen LogP contribution in [-0.4, -0.2) is 20.8 Å². The molecule has 8 heteroatoms. The van der Waals surface area contributed by atoms with Crippen molar-refractivity contribution in [2.75, 3.05) is 11.2 Å². The van der Waals surface area contributed by atoms with Crippen LogP contribution >= 0.6 is 23.4 Å². The van der Waals surface area contributed by atoms with Crippen LogP contribution < -0.4 is 11.2 Å².